The summed E-state index contributed by atoms with van der Waals surface area (Å²) >= 11 is 0. The molecule has 1 aromatic rings. The van der Waals surface area contributed by atoms with E-state index in [0.29, 0.717) is 13.0 Å². The highest BCUT2D eigenvalue weighted by Gasteiger charge is 2.29. The van der Waals surface area contributed by atoms with Gasteiger partial charge in [0.25, 0.3) is 0 Å². The van der Waals surface area contributed by atoms with Crippen LogP contribution in [0.15, 0.2) is 24.3 Å². The normalized spacial score (nSPS) is 21.9. The van der Waals surface area contributed by atoms with Crippen molar-refractivity contribution < 1.29 is 19.4 Å². The summed E-state index contributed by atoms with van der Waals surface area (Å²) in [6.07, 6.45) is 1.72. The molecule has 5 heteroatoms. The summed E-state index contributed by atoms with van der Waals surface area (Å²) in [7, 11) is 1.66. The molecule has 0 radical (unpaired) electrons. The Balaban J connectivity index is 1.65. The van der Waals surface area contributed by atoms with Gasteiger partial charge in [-0.3, -0.25) is 0 Å². The van der Waals surface area contributed by atoms with E-state index in [1.54, 1.807) is 7.11 Å². The minimum Gasteiger partial charge on any atom is -0.497 e. The Morgan fingerprint density at radius 3 is 3.05 bits per heavy atom. The lowest BCUT2D eigenvalue weighted by Crippen LogP contribution is -2.30. The van der Waals surface area contributed by atoms with Crippen LogP contribution in [0.5, 0.6) is 5.75 Å². The number of carbonyl (C=O) groups is 1. The molecule has 2 unspecified atom stereocenters. The summed E-state index contributed by atoms with van der Waals surface area (Å²) < 4.78 is 10.6. The van der Waals surface area contributed by atoms with E-state index in [1.165, 1.54) is 5.56 Å². The van der Waals surface area contributed by atoms with Crippen LogP contribution in [-0.2, 0) is 16.0 Å². The van der Waals surface area contributed by atoms with Gasteiger partial charge in [-0.1, -0.05) is 12.1 Å². The number of rotatable bonds is 7. The van der Waals surface area contributed by atoms with E-state index in [-0.39, 0.29) is 6.10 Å². The first-order valence-corrected chi connectivity index (χ1v) is 6.91. The number of methoxy groups -OCH3 is 1. The molecule has 0 bridgehead atoms. The SMILES string of the molecule is COc1cccc(CCNCC2CCC(C(=O)O)O2)c1. The fourth-order valence-electron chi connectivity index (χ4n) is 2.36. The number of hydrogen-bond acceptors (Lipinski definition) is 4. The molecular weight excluding hydrogens is 258 g/mol. The number of carboxylic acid groups (broad SMARTS) is 1. The fraction of sp³-hybridized carbons (Fsp3) is 0.533. The monoisotopic (exact) mass is 279 g/mol. The minimum absolute atomic E-state index is 0.0152. The molecule has 1 heterocycles. The molecule has 1 fully saturated rings. The van der Waals surface area contributed by atoms with Gasteiger partial charge in [-0.05, 0) is 43.5 Å². The maximum absolute atomic E-state index is 10.8. The van der Waals surface area contributed by atoms with Crippen LogP contribution in [-0.4, -0.2) is 43.5 Å². The van der Waals surface area contributed by atoms with E-state index in [0.717, 1.165) is 25.1 Å². The molecule has 0 aliphatic carbocycles. The first-order chi connectivity index (χ1) is 9.69. The summed E-state index contributed by atoms with van der Waals surface area (Å²) in [5.41, 5.74) is 1.22. The molecule has 0 spiro atoms. The maximum atomic E-state index is 10.8. The summed E-state index contributed by atoms with van der Waals surface area (Å²) in [6, 6.07) is 7.99. The van der Waals surface area contributed by atoms with Gasteiger partial charge in [0.15, 0.2) is 6.10 Å². The Morgan fingerprint density at radius 1 is 1.50 bits per heavy atom. The van der Waals surface area contributed by atoms with Crippen LogP contribution in [0, 0.1) is 0 Å². The second kappa shape index (κ2) is 7.26. The largest absolute Gasteiger partial charge is 0.497 e. The van der Waals surface area contributed by atoms with Gasteiger partial charge in [-0.2, -0.15) is 0 Å². The Bertz CT molecular complexity index is 449. The molecule has 20 heavy (non-hydrogen) atoms. The average Bonchev–Trinajstić information content (AvgIpc) is 2.93. The topological polar surface area (TPSA) is 67.8 Å². The molecule has 1 aliphatic heterocycles. The Morgan fingerprint density at radius 2 is 2.35 bits per heavy atom. The lowest BCUT2D eigenvalue weighted by Gasteiger charge is -2.12. The number of carboxylic acids is 1. The summed E-state index contributed by atoms with van der Waals surface area (Å²) in [5, 5.41) is 12.2. The van der Waals surface area contributed by atoms with Crippen LogP contribution in [0.3, 0.4) is 0 Å². The van der Waals surface area contributed by atoms with Gasteiger partial charge >= 0.3 is 5.97 Å². The van der Waals surface area contributed by atoms with Crippen molar-refractivity contribution >= 4 is 5.97 Å². The number of hydrogen-bond donors (Lipinski definition) is 2. The van der Waals surface area contributed by atoms with Gasteiger partial charge in [0.1, 0.15) is 5.75 Å². The molecule has 1 aliphatic rings. The zero-order chi connectivity index (χ0) is 14.4. The van der Waals surface area contributed by atoms with E-state index < -0.39 is 12.1 Å². The van der Waals surface area contributed by atoms with Crippen molar-refractivity contribution in [1.82, 2.24) is 5.32 Å². The summed E-state index contributed by atoms with van der Waals surface area (Å²) in [5.74, 6) is 0.00908. The van der Waals surface area contributed by atoms with Gasteiger partial charge in [-0.15, -0.1) is 0 Å². The van der Waals surface area contributed by atoms with Crippen molar-refractivity contribution in [2.24, 2.45) is 0 Å². The van der Waals surface area contributed by atoms with E-state index >= 15 is 0 Å². The Hall–Kier alpha value is -1.59. The third-order valence-electron chi connectivity index (χ3n) is 3.48. The van der Waals surface area contributed by atoms with Crippen molar-refractivity contribution in [3.8, 4) is 5.75 Å². The van der Waals surface area contributed by atoms with Crippen molar-refractivity contribution in [3.05, 3.63) is 29.8 Å². The zero-order valence-corrected chi connectivity index (χ0v) is 11.7. The van der Waals surface area contributed by atoms with Gasteiger partial charge < -0.3 is 19.9 Å². The molecule has 5 nitrogen and oxygen atoms in total. The van der Waals surface area contributed by atoms with E-state index in [4.69, 9.17) is 14.6 Å². The highest BCUT2D eigenvalue weighted by atomic mass is 16.5. The first kappa shape index (κ1) is 14.8. The third-order valence-corrected chi connectivity index (χ3v) is 3.48. The Kier molecular flexibility index (Phi) is 5.38. The molecule has 0 amide bonds. The number of ether oxygens (including phenoxy) is 2. The lowest BCUT2D eigenvalue weighted by molar-refractivity contribution is -0.149. The van der Waals surface area contributed by atoms with Gasteiger partial charge in [-0.25, -0.2) is 4.79 Å². The van der Waals surface area contributed by atoms with Crippen LogP contribution in [0.25, 0.3) is 0 Å². The molecule has 0 saturated carbocycles. The molecule has 2 rings (SSSR count). The zero-order valence-electron chi connectivity index (χ0n) is 11.7. The van der Waals surface area contributed by atoms with Gasteiger partial charge in [0.2, 0.25) is 0 Å². The quantitative estimate of drug-likeness (QED) is 0.740. The summed E-state index contributed by atoms with van der Waals surface area (Å²) in [4.78, 5) is 10.8. The highest BCUT2D eigenvalue weighted by molar-refractivity contribution is 5.72. The molecule has 1 saturated heterocycles. The number of benzene rings is 1. The highest BCUT2D eigenvalue weighted by Crippen LogP contribution is 2.19. The second-order valence-electron chi connectivity index (χ2n) is 4.97. The number of aliphatic carboxylic acids is 1. The molecule has 2 atom stereocenters. The average molecular weight is 279 g/mol. The van der Waals surface area contributed by atoms with Crippen LogP contribution >= 0.6 is 0 Å². The van der Waals surface area contributed by atoms with Crippen LogP contribution in [0.4, 0.5) is 0 Å². The smallest absolute Gasteiger partial charge is 0.332 e. The van der Waals surface area contributed by atoms with Crippen molar-refractivity contribution in [1.29, 1.82) is 0 Å². The van der Waals surface area contributed by atoms with Crippen molar-refractivity contribution in [2.75, 3.05) is 20.2 Å². The third kappa shape index (κ3) is 4.21. The van der Waals surface area contributed by atoms with E-state index in [9.17, 15) is 4.79 Å². The molecule has 110 valence electrons. The predicted octanol–water partition coefficient (Wildman–Crippen LogP) is 1.46. The van der Waals surface area contributed by atoms with Gasteiger partial charge in [0, 0.05) is 6.54 Å². The predicted molar refractivity (Wildman–Crippen MR) is 75.1 cm³/mol. The van der Waals surface area contributed by atoms with Gasteiger partial charge in [0.05, 0.1) is 13.2 Å². The van der Waals surface area contributed by atoms with Crippen molar-refractivity contribution in [2.45, 2.75) is 31.5 Å². The molecular formula is C15H21NO4. The maximum Gasteiger partial charge on any atom is 0.332 e. The lowest BCUT2D eigenvalue weighted by atomic mass is 10.1. The van der Waals surface area contributed by atoms with Crippen LogP contribution in [0.2, 0.25) is 0 Å². The molecule has 2 N–H and O–H groups in total. The summed E-state index contributed by atoms with van der Waals surface area (Å²) in [6.45, 7) is 1.54. The first-order valence-electron chi connectivity index (χ1n) is 6.91. The fourth-order valence-corrected chi connectivity index (χ4v) is 2.36. The number of nitrogens with one attached hydrogen (secondary N) is 1. The molecule has 0 aromatic heterocycles. The minimum atomic E-state index is -0.858. The second-order valence-corrected chi connectivity index (χ2v) is 4.97. The Labute approximate surface area is 118 Å². The van der Waals surface area contributed by atoms with Crippen LogP contribution < -0.4 is 10.1 Å². The van der Waals surface area contributed by atoms with E-state index in [2.05, 4.69) is 11.4 Å². The van der Waals surface area contributed by atoms with Crippen LogP contribution in [0.1, 0.15) is 18.4 Å². The van der Waals surface area contributed by atoms with Crippen molar-refractivity contribution in [3.63, 3.8) is 0 Å². The molecule has 1 aromatic carbocycles. The standard InChI is InChI=1S/C15H21NO4/c1-19-12-4-2-3-11(9-12)7-8-16-10-13-5-6-14(20-13)15(17)18/h2-4,9,13-14,16H,5-8,10H2,1H3,(H,17,18). The van der Waals surface area contributed by atoms with E-state index in [1.807, 2.05) is 18.2 Å².